The Hall–Kier alpha value is -2.01. The molecule has 0 saturated heterocycles. The van der Waals surface area contributed by atoms with E-state index in [1.54, 1.807) is 12.1 Å². The van der Waals surface area contributed by atoms with Gasteiger partial charge in [0.05, 0.1) is 0 Å². The summed E-state index contributed by atoms with van der Waals surface area (Å²) in [6.45, 7) is 0. The number of rotatable bonds is 0. The molecular weight excluding hydrogens is 156 g/mol. The van der Waals surface area contributed by atoms with Crippen molar-refractivity contribution in [2.45, 2.75) is 0 Å². The summed E-state index contributed by atoms with van der Waals surface area (Å²) in [7, 11) is 2.92. The Morgan fingerprint density at radius 1 is 1.08 bits per heavy atom. The van der Waals surface area contributed by atoms with Crippen LogP contribution in [0.1, 0.15) is 11.4 Å². The molecule has 5 nitrogen and oxygen atoms in total. The van der Waals surface area contributed by atoms with Gasteiger partial charge in [0.25, 0.3) is 0 Å². The van der Waals surface area contributed by atoms with Crippen molar-refractivity contribution in [1.82, 2.24) is 9.13 Å². The lowest BCUT2D eigenvalue weighted by atomic mass is 10.3. The van der Waals surface area contributed by atoms with Crippen LogP contribution in [0.25, 0.3) is 0 Å². The topological polar surface area (TPSA) is 74.5 Å². The summed E-state index contributed by atoms with van der Waals surface area (Å²) in [4.78, 5) is 11.2. The molecule has 1 rings (SSSR count). The summed E-state index contributed by atoms with van der Waals surface area (Å²) >= 11 is 0. The van der Waals surface area contributed by atoms with Gasteiger partial charge >= 0.3 is 5.69 Å². The fourth-order valence-electron chi connectivity index (χ4n) is 0.990. The van der Waals surface area contributed by atoms with E-state index in [0.717, 1.165) is 9.13 Å². The van der Waals surface area contributed by atoms with Crippen LogP contribution in [0.3, 0.4) is 0 Å². The van der Waals surface area contributed by atoms with Crippen molar-refractivity contribution in [2.75, 3.05) is 0 Å². The second kappa shape index (κ2) is 2.55. The molecule has 0 N–H and O–H groups in total. The van der Waals surface area contributed by atoms with E-state index in [2.05, 4.69) is 0 Å². The van der Waals surface area contributed by atoms with Gasteiger partial charge in [0.15, 0.2) is 11.4 Å². The smallest absolute Gasteiger partial charge is 0.285 e. The molecule has 5 heteroatoms. The van der Waals surface area contributed by atoms with E-state index >= 15 is 0 Å². The number of hydrogen-bond donors (Lipinski definition) is 0. The highest BCUT2D eigenvalue weighted by atomic mass is 16.1. The lowest BCUT2D eigenvalue weighted by molar-refractivity contribution is 0.768. The van der Waals surface area contributed by atoms with Gasteiger partial charge < -0.3 is 0 Å². The first-order chi connectivity index (χ1) is 5.63. The molecule has 1 aromatic heterocycles. The summed E-state index contributed by atoms with van der Waals surface area (Å²) < 4.78 is 2.30. The number of imidazole rings is 1. The van der Waals surface area contributed by atoms with Crippen LogP contribution in [-0.2, 0) is 14.1 Å². The second-order valence-electron chi connectivity index (χ2n) is 2.32. The van der Waals surface area contributed by atoms with E-state index in [0.29, 0.717) is 0 Å². The van der Waals surface area contributed by atoms with Crippen molar-refractivity contribution in [2.24, 2.45) is 14.1 Å². The minimum atomic E-state index is -0.358. The van der Waals surface area contributed by atoms with E-state index in [9.17, 15) is 4.79 Å². The highest BCUT2D eigenvalue weighted by molar-refractivity contribution is 5.36. The molecule has 12 heavy (non-hydrogen) atoms. The predicted octanol–water partition coefficient (Wildman–Crippen LogP) is -0.533. The number of nitrogens with zero attached hydrogens (tertiary/aromatic N) is 4. The quantitative estimate of drug-likeness (QED) is 0.514. The predicted molar refractivity (Wildman–Crippen MR) is 40.1 cm³/mol. The zero-order valence-electron chi connectivity index (χ0n) is 6.70. The molecule has 0 amide bonds. The van der Waals surface area contributed by atoms with E-state index in [4.69, 9.17) is 10.5 Å². The fourth-order valence-corrected chi connectivity index (χ4v) is 0.990. The summed E-state index contributed by atoms with van der Waals surface area (Å²) in [6.07, 6.45) is 0. The minimum absolute atomic E-state index is 0.102. The Balaban J connectivity index is 3.73. The highest BCUT2D eigenvalue weighted by Gasteiger charge is 2.13. The molecule has 0 aromatic carbocycles. The summed E-state index contributed by atoms with van der Waals surface area (Å²) in [5.74, 6) is 0. The molecule has 0 fully saturated rings. The van der Waals surface area contributed by atoms with Gasteiger partial charge in [0.2, 0.25) is 0 Å². The molecule has 0 bridgehead atoms. The second-order valence-corrected chi connectivity index (χ2v) is 2.32. The molecule has 0 spiro atoms. The average Bonchev–Trinajstić information content (AvgIpc) is 2.29. The molecule has 1 aromatic rings. The van der Waals surface area contributed by atoms with Gasteiger partial charge in [-0.25, -0.2) is 4.79 Å². The Morgan fingerprint density at radius 2 is 1.42 bits per heavy atom. The number of nitriles is 2. The Kier molecular flexibility index (Phi) is 1.72. The van der Waals surface area contributed by atoms with Crippen LogP contribution in [0.5, 0.6) is 0 Å². The fraction of sp³-hybridized carbons (Fsp3) is 0.286. The normalized spacial score (nSPS) is 9.00. The lowest BCUT2D eigenvalue weighted by Crippen LogP contribution is -2.20. The molecule has 0 aliphatic rings. The molecule has 0 unspecified atom stereocenters. The zero-order chi connectivity index (χ0) is 9.30. The van der Waals surface area contributed by atoms with Crippen LogP contribution in [0.4, 0.5) is 0 Å². The third-order valence-corrected chi connectivity index (χ3v) is 1.68. The molecule has 1 heterocycles. The first kappa shape index (κ1) is 8.09. The van der Waals surface area contributed by atoms with Gasteiger partial charge in [-0.1, -0.05) is 0 Å². The van der Waals surface area contributed by atoms with E-state index in [1.165, 1.54) is 14.1 Å². The van der Waals surface area contributed by atoms with E-state index < -0.39 is 0 Å². The molecule has 0 saturated carbocycles. The summed E-state index contributed by atoms with van der Waals surface area (Å²) in [6, 6.07) is 3.59. The van der Waals surface area contributed by atoms with Gasteiger partial charge in [-0.05, 0) is 0 Å². The van der Waals surface area contributed by atoms with Crippen molar-refractivity contribution >= 4 is 0 Å². The van der Waals surface area contributed by atoms with E-state index in [-0.39, 0.29) is 17.1 Å². The Labute approximate surface area is 68.7 Å². The third kappa shape index (κ3) is 0.807. The first-order valence-corrected chi connectivity index (χ1v) is 3.19. The molecule has 0 radical (unpaired) electrons. The standard InChI is InChI=1S/C7H6N4O/c1-10-5(3-8)6(4-9)11(2)7(10)12/h1-2H3. The van der Waals surface area contributed by atoms with Crippen LogP contribution < -0.4 is 5.69 Å². The first-order valence-electron chi connectivity index (χ1n) is 3.19. The van der Waals surface area contributed by atoms with Crippen molar-refractivity contribution in [3.8, 4) is 12.1 Å². The van der Waals surface area contributed by atoms with Gasteiger partial charge in [0.1, 0.15) is 12.1 Å². The maximum absolute atomic E-state index is 11.2. The molecule has 0 aliphatic carbocycles. The Bertz CT molecular complexity index is 411. The van der Waals surface area contributed by atoms with Gasteiger partial charge in [-0.3, -0.25) is 9.13 Å². The van der Waals surface area contributed by atoms with Gasteiger partial charge in [-0.2, -0.15) is 10.5 Å². The van der Waals surface area contributed by atoms with Crippen molar-refractivity contribution in [1.29, 1.82) is 10.5 Å². The van der Waals surface area contributed by atoms with Crippen LogP contribution in [0.2, 0.25) is 0 Å². The number of aromatic nitrogens is 2. The van der Waals surface area contributed by atoms with Crippen molar-refractivity contribution < 1.29 is 0 Å². The molecular formula is C7H6N4O. The van der Waals surface area contributed by atoms with E-state index in [1.807, 2.05) is 0 Å². The number of hydrogen-bond acceptors (Lipinski definition) is 3. The Morgan fingerprint density at radius 3 is 1.67 bits per heavy atom. The van der Waals surface area contributed by atoms with Gasteiger partial charge in [0, 0.05) is 14.1 Å². The maximum Gasteiger partial charge on any atom is 0.329 e. The van der Waals surface area contributed by atoms with Gasteiger partial charge in [-0.15, -0.1) is 0 Å². The summed E-state index contributed by atoms with van der Waals surface area (Å²) in [5, 5.41) is 17.2. The SMILES string of the molecule is Cn1c(C#N)c(C#N)n(C)c1=O. The average molecular weight is 162 g/mol. The van der Waals surface area contributed by atoms with Crippen LogP contribution in [-0.4, -0.2) is 9.13 Å². The zero-order valence-corrected chi connectivity index (χ0v) is 6.70. The molecule has 60 valence electrons. The minimum Gasteiger partial charge on any atom is -0.285 e. The molecule has 0 aliphatic heterocycles. The highest BCUT2D eigenvalue weighted by Crippen LogP contribution is 2.00. The monoisotopic (exact) mass is 162 g/mol. The van der Waals surface area contributed by atoms with Crippen molar-refractivity contribution in [3.05, 3.63) is 21.9 Å². The van der Waals surface area contributed by atoms with Crippen LogP contribution in [0, 0.1) is 22.7 Å². The van der Waals surface area contributed by atoms with Crippen LogP contribution in [0.15, 0.2) is 4.79 Å². The maximum atomic E-state index is 11.2. The van der Waals surface area contributed by atoms with Crippen LogP contribution >= 0.6 is 0 Å². The van der Waals surface area contributed by atoms with Crippen molar-refractivity contribution in [3.63, 3.8) is 0 Å². The lowest BCUT2D eigenvalue weighted by Gasteiger charge is -1.86. The largest absolute Gasteiger partial charge is 0.329 e. The third-order valence-electron chi connectivity index (χ3n) is 1.68. The molecule has 0 atom stereocenters. The summed E-state index contributed by atoms with van der Waals surface area (Å²) in [5.41, 5.74) is -0.155.